The van der Waals surface area contributed by atoms with E-state index in [0.29, 0.717) is 24.0 Å². The molecule has 0 radical (unpaired) electrons. The lowest BCUT2D eigenvalue weighted by molar-refractivity contribution is -0.278. The molecule has 0 amide bonds. The van der Waals surface area contributed by atoms with Crippen molar-refractivity contribution in [2.45, 2.75) is 70.1 Å². The van der Waals surface area contributed by atoms with E-state index in [4.69, 9.17) is 18.9 Å². The van der Waals surface area contributed by atoms with E-state index in [9.17, 15) is 27.6 Å². The summed E-state index contributed by atoms with van der Waals surface area (Å²) in [6.45, 7) is 8.34. The van der Waals surface area contributed by atoms with Crippen molar-refractivity contribution in [3.63, 3.8) is 0 Å². The lowest BCUT2D eigenvalue weighted by atomic mass is 9.88. The number of methoxy groups -OCH3 is 1. The molecule has 1 aromatic carbocycles. The molecule has 1 fully saturated rings. The van der Waals surface area contributed by atoms with Crippen LogP contribution in [-0.2, 0) is 38.9 Å². The van der Waals surface area contributed by atoms with Crippen LogP contribution in [0.4, 0.5) is 13.2 Å². The molecule has 1 saturated heterocycles. The van der Waals surface area contributed by atoms with Gasteiger partial charge in [-0.1, -0.05) is 49.9 Å². The molecule has 0 bridgehead atoms. The lowest BCUT2D eigenvalue weighted by Gasteiger charge is -2.34. The number of alkyl halides is 3. The van der Waals surface area contributed by atoms with Crippen LogP contribution in [0.3, 0.4) is 0 Å². The fourth-order valence-corrected chi connectivity index (χ4v) is 5.03. The van der Waals surface area contributed by atoms with E-state index < -0.39 is 47.5 Å². The maximum atomic E-state index is 14.2. The normalized spacial score (nSPS) is 25.1. The van der Waals surface area contributed by atoms with Crippen molar-refractivity contribution in [1.82, 2.24) is 0 Å². The first-order chi connectivity index (χ1) is 17.3. The quantitative estimate of drug-likeness (QED) is 0.209. The van der Waals surface area contributed by atoms with Gasteiger partial charge in [0.15, 0.2) is 0 Å². The van der Waals surface area contributed by atoms with E-state index in [1.807, 2.05) is 13.0 Å². The number of fused-ring (bicyclic) bond motifs is 1. The third kappa shape index (κ3) is 5.74. The summed E-state index contributed by atoms with van der Waals surface area (Å²) < 4.78 is 63.6. The maximum Gasteiger partial charge on any atom is 0.432 e. The SMILES string of the molecule is C=C1C(=O)O[C@@H]2C[C@H](C)C([C@H](C[C@H](C)OC(=O)[C@](OC)(c3ccccc3)C(F)(F)F)OC(C)=O)=CC[C@H]12. The number of benzene rings is 1. The van der Waals surface area contributed by atoms with Crippen LogP contribution in [0.1, 0.15) is 45.6 Å². The van der Waals surface area contributed by atoms with Crippen molar-refractivity contribution in [1.29, 1.82) is 0 Å². The molecule has 0 unspecified atom stereocenters. The molecule has 0 N–H and O–H groups in total. The minimum absolute atomic E-state index is 0.0794. The Morgan fingerprint density at radius 1 is 1.19 bits per heavy atom. The Morgan fingerprint density at radius 2 is 1.84 bits per heavy atom. The summed E-state index contributed by atoms with van der Waals surface area (Å²) in [4.78, 5) is 36.8. The first-order valence-corrected chi connectivity index (χ1v) is 12.0. The summed E-state index contributed by atoms with van der Waals surface area (Å²) in [5.74, 6) is -3.04. The van der Waals surface area contributed by atoms with Crippen molar-refractivity contribution in [2.24, 2.45) is 11.8 Å². The zero-order chi connectivity index (χ0) is 27.5. The molecule has 2 aliphatic rings. The predicted octanol–water partition coefficient (Wildman–Crippen LogP) is 4.80. The predicted molar refractivity (Wildman–Crippen MR) is 126 cm³/mol. The average Bonchev–Trinajstić information content (AvgIpc) is 2.96. The molecule has 0 aromatic heterocycles. The Balaban J connectivity index is 1.83. The molecule has 3 rings (SSSR count). The van der Waals surface area contributed by atoms with Gasteiger partial charge in [-0.15, -0.1) is 0 Å². The summed E-state index contributed by atoms with van der Waals surface area (Å²) in [7, 11) is 0.795. The smallest absolute Gasteiger partial charge is 0.432 e. The van der Waals surface area contributed by atoms with E-state index >= 15 is 0 Å². The molecule has 202 valence electrons. The first-order valence-electron chi connectivity index (χ1n) is 12.0. The number of ether oxygens (including phenoxy) is 4. The molecule has 1 aliphatic heterocycles. The molecular weight excluding hydrogens is 493 g/mol. The monoisotopic (exact) mass is 524 g/mol. The second-order valence-electron chi connectivity index (χ2n) is 9.45. The van der Waals surface area contributed by atoms with Gasteiger partial charge in [0.2, 0.25) is 0 Å². The van der Waals surface area contributed by atoms with Crippen LogP contribution in [0.5, 0.6) is 0 Å². The van der Waals surface area contributed by atoms with Gasteiger partial charge in [0.05, 0.1) is 0 Å². The highest BCUT2D eigenvalue weighted by molar-refractivity contribution is 5.90. The van der Waals surface area contributed by atoms with Gasteiger partial charge in [-0.2, -0.15) is 13.2 Å². The van der Waals surface area contributed by atoms with Crippen LogP contribution in [0.25, 0.3) is 0 Å². The molecule has 37 heavy (non-hydrogen) atoms. The molecule has 7 nitrogen and oxygen atoms in total. The number of halogens is 3. The largest absolute Gasteiger partial charge is 0.460 e. The fourth-order valence-electron chi connectivity index (χ4n) is 5.03. The average molecular weight is 525 g/mol. The van der Waals surface area contributed by atoms with E-state index in [1.54, 1.807) is 0 Å². The second kappa shape index (κ2) is 11.1. The highest BCUT2D eigenvalue weighted by Crippen LogP contribution is 2.44. The number of hydrogen-bond acceptors (Lipinski definition) is 7. The summed E-state index contributed by atoms with van der Waals surface area (Å²) in [5, 5.41) is 0. The third-order valence-electron chi connectivity index (χ3n) is 6.89. The second-order valence-corrected chi connectivity index (χ2v) is 9.45. The molecule has 6 atom stereocenters. The van der Waals surface area contributed by atoms with E-state index in [2.05, 4.69) is 6.58 Å². The lowest BCUT2D eigenvalue weighted by Crippen LogP contribution is -2.52. The molecular formula is C27H31F3O7. The van der Waals surface area contributed by atoms with Crippen LogP contribution in [0, 0.1) is 11.8 Å². The van der Waals surface area contributed by atoms with Crippen LogP contribution in [0.15, 0.2) is 54.1 Å². The summed E-state index contributed by atoms with van der Waals surface area (Å²) >= 11 is 0. The van der Waals surface area contributed by atoms with Crippen molar-refractivity contribution in [3.8, 4) is 0 Å². The zero-order valence-electron chi connectivity index (χ0n) is 21.2. The molecule has 1 aliphatic carbocycles. The highest BCUT2D eigenvalue weighted by atomic mass is 19.4. The topological polar surface area (TPSA) is 88.1 Å². The van der Waals surface area contributed by atoms with Crippen molar-refractivity contribution in [2.75, 3.05) is 7.11 Å². The molecule has 0 spiro atoms. The number of esters is 3. The molecule has 10 heteroatoms. The van der Waals surface area contributed by atoms with Gasteiger partial charge in [-0.3, -0.25) is 4.79 Å². The minimum atomic E-state index is -5.11. The van der Waals surface area contributed by atoms with E-state index in [-0.39, 0.29) is 24.4 Å². The zero-order valence-corrected chi connectivity index (χ0v) is 21.2. The highest BCUT2D eigenvalue weighted by Gasteiger charge is 2.64. The van der Waals surface area contributed by atoms with Crippen LogP contribution in [0.2, 0.25) is 0 Å². The number of allylic oxidation sites excluding steroid dienone is 1. The molecule has 0 saturated carbocycles. The number of hydrogen-bond donors (Lipinski definition) is 0. The number of carbonyl (C=O) groups is 3. The summed E-state index contributed by atoms with van der Waals surface area (Å²) in [5.41, 5.74) is -2.64. The van der Waals surface area contributed by atoms with Crippen LogP contribution < -0.4 is 0 Å². The van der Waals surface area contributed by atoms with Gasteiger partial charge in [-0.25, -0.2) is 9.59 Å². The van der Waals surface area contributed by atoms with Gasteiger partial charge in [0.25, 0.3) is 5.60 Å². The van der Waals surface area contributed by atoms with Crippen molar-refractivity contribution >= 4 is 17.9 Å². The van der Waals surface area contributed by atoms with Gasteiger partial charge < -0.3 is 18.9 Å². The van der Waals surface area contributed by atoms with Gasteiger partial charge >= 0.3 is 24.1 Å². The maximum absolute atomic E-state index is 14.2. The standard InChI is InChI=1S/C27H31F3O7/c1-15-13-22-21(17(3)24(32)37-22)12-11-20(15)23(36-18(4)31)14-16(2)35-25(33)26(34-5,27(28,29)30)19-9-7-6-8-10-19/h6-11,15-16,21-23H,3,12-14H2,1-2,4-5H3/t15-,16-,21+,22+,23-,26+/m0/s1. The van der Waals surface area contributed by atoms with Crippen molar-refractivity contribution in [3.05, 3.63) is 59.7 Å². The first kappa shape index (κ1) is 28.4. The van der Waals surface area contributed by atoms with E-state index in [0.717, 1.165) is 19.2 Å². The number of rotatable bonds is 8. The van der Waals surface area contributed by atoms with Crippen LogP contribution >= 0.6 is 0 Å². The van der Waals surface area contributed by atoms with Gasteiger partial charge in [-0.05, 0) is 31.3 Å². The fraction of sp³-hybridized carbons (Fsp3) is 0.519. The third-order valence-corrected chi connectivity index (χ3v) is 6.89. The van der Waals surface area contributed by atoms with Crippen molar-refractivity contribution < 1.29 is 46.5 Å². The molecule has 1 aromatic rings. The Labute approximate surface area is 213 Å². The van der Waals surface area contributed by atoms with Gasteiger partial charge in [0.1, 0.15) is 18.3 Å². The minimum Gasteiger partial charge on any atom is -0.460 e. The molecule has 1 heterocycles. The van der Waals surface area contributed by atoms with E-state index in [1.165, 1.54) is 32.0 Å². The Morgan fingerprint density at radius 3 is 2.41 bits per heavy atom. The van der Waals surface area contributed by atoms with Gasteiger partial charge in [0, 0.05) is 37.5 Å². The van der Waals surface area contributed by atoms with Crippen LogP contribution in [-0.4, -0.2) is 49.5 Å². The Bertz CT molecular complexity index is 1070. The number of carbonyl (C=O) groups excluding carboxylic acids is 3. The summed E-state index contributed by atoms with van der Waals surface area (Å²) in [6, 6.07) is 6.53. The Hall–Kier alpha value is -3.14. The Kier molecular flexibility index (Phi) is 8.52. The summed E-state index contributed by atoms with van der Waals surface area (Å²) in [6.07, 6.45) is -4.74.